The number of aromatic nitrogens is 4. The molecule has 10 heteroatoms. The number of amides is 1. The third-order valence-corrected chi connectivity index (χ3v) is 3.61. The fourth-order valence-corrected chi connectivity index (χ4v) is 2.23. The number of rotatable bonds is 4. The Morgan fingerprint density at radius 3 is 2.54 bits per heavy atom. The van der Waals surface area contributed by atoms with E-state index in [4.69, 9.17) is 16.7 Å². The van der Waals surface area contributed by atoms with E-state index in [-0.39, 0.29) is 16.4 Å². The maximum Gasteiger partial charge on any atom is 0.337 e. The summed E-state index contributed by atoms with van der Waals surface area (Å²) < 4.78 is 13.4. The molecule has 2 N–H and O–H groups in total. The zero-order chi connectivity index (χ0) is 18.7. The molecule has 0 saturated heterocycles. The normalized spacial score (nSPS) is 10.4. The average Bonchev–Trinajstić information content (AvgIpc) is 2.65. The Labute approximate surface area is 150 Å². The van der Waals surface area contributed by atoms with Crippen molar-refractivity contribution < 1.29 is 19.1 Å². The highest BCUT2D eigenvalue weighted by Crippen LogP contribution is 2.25. The van der Waals surface area contributed by atoms with Crippen molar-refractivity contribution in [2.24, 2.45) is 0 Å². The van der Waals surface area contributed by atoms with Crippen molar-refractivity contribution in [2.45, 2.75) is 0 Å². The van der Waals surface area contributed by atoms with Crippen molar-refractivity contribution in [3.63, 3.8) is 0 Å². The fraction of sp³-hybridized carbons (Fsp3) is 0. The van der Waals surface area contributed by atoms with E-state index in [0.717, 1.165) is 12.1 Å². The van der Waals surface area contributed by atoms with E-state index in [2.05, 4.69) is 25.7 Å². The lowest BCUT2D eigenvalue weighted by Gasteiger charge is -2.09. The third-order valence-electron chi connectivity index (χ3n) is 3.32. The van der Waals surface area contributed by atoms with Crippen LogP contribution in [0.2, 0.25) is 5.02 Å². The standard InChI is InChI=1S/C16H9ClFN5O3/c17-10-6-14(9(16(25)26)5-11(10)18)21-15(24)13-2-1-12(22-23-13)8-3-4-19-20-7-8/h1-7H,(H,21,24)(H,25,26). The van der Waals surface area contributed by atoms with Crippen molar-refractivity contribution in [1.29, 1.82) is 0 Å². The first-order valence-corrected chi connectivity index (χ1v) is 7.48. The summed E-state index contributed by atoms with van der Waals surface area (Å²) in [6.45, 7) is 0. The Morgan fingerprint density at radius 1 is 1.12 bits per heavy atom. The summed E-state index contributed by atoms with van der Waals surface area (Å²) in [6.07, 6.45) is 2.98. The van der Waals surface area contributed by atoms with Gasteiger partial charge in [0.2, 0.25) is 0 Å². The summed E-state index contributed by atoms with van der Waals surface area (Å²) in [5.41, 5.74) is 0.490. The number of carboxylic acids is 1. The molecule has 26 heavy (non-hydrogen) atoms. The largest absolute Gasteiger partial charge is 0.478 e. The lowest BCUT2D eigenvalue weighted by Crippen LogP contribution is -2.17. The molecule has 0 aliphatic rings. The molecule has 0 atom stereocenters. The molecular formula is C16H9ClFN5O3. The molecule has 0 bridgehead atoms. The monoisotopic (exact) mass is 373 g/mol. The predicted molar refractivity (Wildman–Crippen MR) is 89.4 cm³/mol. The lowest BCUT2D eigenvalue weighted by molar-refractivity contribution is 0.0697. The van der Waals surface area contributed by atoms with Gasteiger partial charge in [0.1, 0.15) is 5.82 Å². The van der Waals surface area contributed by atoms with Crippen molar-refractivity contribution in [3.8, 4) is 11.3 Å². The van der Waals surface area contributed by atoms with Gasteiger partial charge in [-0.15, -0.1) is 10.2 Å². The number of benzene rings is 1. The number of carbonyl (C=O) groups is 2. The van der Waals surface area contributed by atoms with Gasteiger partial charge in [-0.1, -0.05) is 11.6 Å². The Bertz CT molecular complexity index is 983. The van der Waals surface area contributed by atoms with Crippen LogP contribution in [0.15, 0.2) is 42.7 Å². The van der Waals surface area contributed by atoms with Crippen LogP contribution in [0.5, 0.6) is 0 Å². The number of nitrogens with one attached hydrogen (secondary N) is 1. The van der Waals surface area contributed by atoms with E-state index in [1.165, 1.54) is 18.5 Å². The zero-order valence-corrected chi connectivity index (χ0v) is 13.6. The smallest absolute Gasteiger partial charge is 0.337 e. The number of aromatic carboxylic acids is 1. The molecule has 0 radical (unpaired) electrons. The Hall–Kier alpha value is -3.46. The topological polar surface area (TPSA) is 118 Å². The van der Waals surface area contributed by atoms with E-state index >= 15 is 0 Å². The molecule has 130 valence electrons. The van der Waals surface area contributed by atoms with Gasteiger partial charge in [0.15, 0.2) is 5.69 Å². The molecule has 0 fully saturated rings. The molecule has 3 aromatic rings. The second-order valence-corrected chi connectivity index (χ2v) is 5.41. The van der Waals surface area contributed by atoms with Crippen LogP contribution in [-0.4, -0.2) is 37.4 Å². The molecular weight excluding hydrogens is 365 g/mol. The van der Waals surface area contributed by atoms with E-state index in [1.807, 2.05) is 0 Å². The van der Waals surface area contributed by atoms with Crippen molar-refractivity contribution in [2.75, 3.05) is 5.32 Å². The predicted octanol–water partition coefficient (Wildman–Crippen LogP) is 2.68. The van der Waals surface area contributed by atoms with Gasteiger partial charge in [-0.2, -0.15) is 10.2 Å². The van der Waals surface area contributed by atoms with Crippen LogP contribution in [0.25, 0.3) is 11.3 Å². The van der Waals surface area contributed by atoms with Crippen LogP contribution >= 0.6 is 11.6 Å². The maximum atomic E-state index is 13.4. The summed E-state index contributed by atoms with van der Waals surface area (Å²) in [7, 11) is 0. The Morgan fingerprint density at radius 2 is 1.92 bits per heavy atom. The second kappa shape index (κ2) is 7.19. The van der Waals surface area contributed by atoms with Crippen LogP contribution in [0.3, 0.4) is 0 Å². The number of nitrogens with zero attached hydrogens (tertiary/aromatic N) is 4. The van der Waals surface area contributed by atoms with Crippen molar-refractivity contribution in [3.05, 3.63) is 64.8 Å². The molecule has 2 heterocycles. The third kappa shape index (κ3) is 3.62. The average molecular weight is 374 g/mol. The van der Waals surface area contributed by atoms with Crippen LogP contribution in [-0.2, 0) is 0 Å². The summed E-state index contributed by atoms with van der Waals surface area (Å²) >= 11 is 5.65. The number of hydrogen-bond donors (Lipinski definition) is 2. The highest BCUT2D eigenvalue weighted by molar-refractivity contribution is 6.31. The van der Waals surface area contributed by atoms with Gasteiger partial charge < -0.3 is 10.4 Å². The molecule has 3 rings (SSSR count). The fourth-order valence-electron chi connectivity index (χ4n) is 2.06. The Kier molecular flexibility index (Phi) is 4.81. The first-order chi connectivity index (χ1) is 12.5. The van der Waals surface area contributed by atoms with Gasteiger partial charge in [-0.25, -0.2) is 9.18 Å². The maximum absolute atomic E-state index is 13.4. The number of hydrogen-bond acceptors (Lipinski definition) is 6. The quantitative estimate of drug-likeness (QED) is 0.721. The lowest BCUT2D eigenvalue weighted by atomic mass is 10.1. The van der Waals surface area contributed by atoms with Crippen LogP contribution in [0, 0.1) is 5.82 Å². The zero-order valence-electron chi connectivity index (χ0n) is 12.8. The van der Waals surface area contributed by atoms with E-state index in [1.54, 1.807) is 12.1 Å². The van der Waals surface area contributed by atoms with Gasteiger partial charge in [-0.05, 0) is 30.3 Å². The SMILES string of the molecule is O=C(Nc1cc(Cl)c(F)cc1C(=O)O)c1ccc(-c2ccnnc2)nn1. The van der Waals surface area contributed by atoms with Crippen LogP contribution < -0.4 is 5.32 Å². The number of anilines is 1. The summed E-state index contributed by atoms with van der Waals surface area (Å²) in [5, 5.41) is 26.2. The van der Waals surface area contributed by atoms with Gasteiger partial charge in [0.05, 0.1) is 34.4 Å². The minimum absolute atomic E-state index is 0.0625. The molecule has 2 aromatic heterocycles. The molecule has 0 unspecified atom stereocenters. The minimum atomic E-state index is -1.41. The van der Waals surface area contributed by atoms with Crippen LogP contribution in [0.1, 0.15) is 20.8 Å². The molecule has 0 saturated carbocycles. The molecule has 8 nitrogen and oxygen atoms in total. The molecule has 1 amide bonds. The summed E-state index contributed by atoms with van der Waals surface area (Å²) in [4.78, 5) is 23.5. The first kappa shape index (κ1) is 17.4. The van der Waals surface area contributed by atoms with Crippen LogP contribution in [0.4, 0.5) is 10.1 Å². The summed E-state index contributed by atoms with van der Waals surface area (Å²) in [6, 6.07) is 6.38. The Balaban J connectivity index is 1.85. The highest BCUT2D eigenvalue weighted by Gasteiger charge is 2.18. The first-order valence-electron chi connectivity index (χ1n) is 7.10. The van der Waals surface area contributed by atoms with E-state index in [9.17, 15) is 14.0 Å². The van der Waals surface area contributed by atoms with E-state index in [0.29, 0.717) is 11.3 Å². The number of carbonyl (C=O) groups excluding carboxylic acids is 1. The molecule has 1 aromatic carbocycles. The summed E-state index contributed by atoms with van der Waals surface area (Å²) in [5.74, 6) is -3.04. The minimum Gasteiger partial charge on any atom is -0.478 e. The van der Waals surface area contributed by atoms with Crippen molar-refractivity contribution >= 4 is 29.2 Å². The van der Waals surface area contributed by atoms with Crippen molar-refractivity contribution in [1.82, 2.24) is 20.4 Å². The molecule has 0 aliphatic carbocycles. The van der Waals surface area contributed by atoms with Gasteiger partial charge >= 0.3 is 5.97 Å². The number of carboxylic acid groups (broad SMARTS) is 1. The number of halogens is 2. The molecule has 0 spiro atoms. The highest BCUT2D eigenvalue weighted by atomic mass is 35.5. The molecule has 0 aliphatic heterocycles. The van der Waals surface area contributed by atoms with Gasteiger partial charge in [-0.3, -0.25) is 4.79 Å². The second-order valence-electron chi connectivity index (χ2n) is 5.01. The van der Waals surface area contributed by atoms with Gasteiger partial charge in [0.25, 0.3) is 5.91 Å². The van der Waals surface area contributed by atoms with Gasteiger partial charge in [0, 0.05) is 5.56 Å². The van der Waals surface area contributed by atoms with E-state index < -0.39 is 23.3 Å².